The summed E-state index contributed by atoms with van der Waals surface area (Å²) in [5.41, 5.74) is 1.56. The molecule has 7 heteroatoms. The maximum absolute atomic E-state index is 10.9. The first-order valence-electron chi connectivity index (χ1n) is 5.71. The third-order valence-corrected chi connectivity index (χ3v) is 3.51. The molecule has 3 aromatic rings. The van der Waals surface area contributed by atoms with E-state index >= 15 is 0 Å². The predicted octanol–water partition coefficient (Wildman–Crippen LogP) is 2.78. The lowest BCUT2D eigenvalue weighted by atomic mass is 10.1. The van der Waals surface area contributed by atoms with E-state index in [1.165, 1.54) is 30.2 Å². The molecule has 1 N–H and O–H groups in total. The normalized spacial score (nSPS) is 10.8. The molecule has 3 rings (SSSR count). The topological polar surface area (TPSA) is 89.1 Å². The molecule has 0 bridgehead atoms. The lowest BCUT2D eigenvalue weighted by molar-refractivity contribution is 0.0697. The quantitative estimate of drug-likeness (QED) is 0.741. The Morgan fingerprint density at radius 3 is 2.90 bits per heavy atom. The van der Waals surface area contributed by atoms with Gasteiger partial charge in [-0.2, -0.15) is 0 Å². The Labute approximate surface area is 117 Å². The first-order valence-corrected chi connectivity index (χ1v) is 6.53. The monoisotopic (exact) mass is 287 g/mol. The highest BCUT2D eigenvalue weighted by molar-refractivity contribution is 7.99. The van der Waals surface area contributed by atoms with Crippen LogP contribution in [0.15, 0.2) is 45.5 Å². The van der Waals surface area contributed by atoms with Crippen LogP contribution in [0.2, 0.25) is 0 Å². The maximum atomic E-state index is 10.9. The van der Waals surface area contributed by atoms with Gasteiger partial charge in [-0.3, -0.25) is 0 Å². The summed E-state index contributed by atoms with van der Waals surface area (Å²) in [4.78, 5) is 23.4. The lowest BCUT2D eigenvalue weighted by Crippen LogP contribution is -1.96. The molecule has 0 unspecified atom stereocenters. The van der Waals surface area contributed by atoms with Crippen LogP contribution in [-0.2, 0) is 0 Å². The second-order valence-corrected chi connectivity index (χ2v) is 5.01. The average Bonchev–Trinajstić information content (AvgIpc) is 2.84. The fourth-order valence-corrected chi connectivity index (χ4v) is 2.54. The van der Waals surface area contributed by atoms with Gasteiger partial charge in [0.1, 0.15) is 17.6 Å². The standard InChI is InChI=1S/C13H9N3O3S/c1-7-5-19-13(16-7)20-11-9-3-2-8(12(17)18)4-10(9)14-6-15-11/h2-6H,1H3,(H,17,18). The van der Waals surface area contributed by atoms with Gasteiger partial charge in [-0.15, -0.1) is 0 Å². The Kier molecular flexibility index (Phi) is 3.11. The molecule has 0 spiro atoms. The Morgan fingerprint density at radius 1 is 1.35 bits per heavy atom. The highest BCUT2D eigenvalue weighted by atomic mass is 32.2. The van der Waals surface area contributed by atoms with Gasteiger partial charge in [0.05, 0.1) is 16.8 Å². The van der Waals surface area contributed by atoms with Crippen LogP contribution in [0.1, 0.15) is 16.1 Å². The van der Waals surface area contributed by atoms with E-state index in [4.69, 9.17) is 9.52 Å². The molecular weight excluding hydrogens is 278 g/mol. The summed E-state index contributed by atoms with van der Waals surface area (Å²) in [6, 6.07) is 4.74. The molecule has 6 nitrogen and oxygen atoms in total. The third kappa shape index (κ3) is 2.35. The zero-order valence-corrected chi connectivity index (χ0v) is 11.2. The number of aromatic carboxylic acids is 1. The number of nitrogens with zero attached hydrogens (tertiary/aromatic N) is 3. The van der Waals surface area contributed by atoms with Gasteiger partial charge in [-0.25, -0.2) is 19.7 Å². The van der Waals surface area contributed by atoms with Crippen molar-refractivity contribution in [3.05, 3.63) is 42.0 Å². The number of hydrogen-bond donors (Lipinski definition) is 1. The van der Waals surface area contributed by atoms with Crippen LogP contribution in [0.5, 0.6) is 0 Å². The van der Waals surface area contributed by atoms with Crippen LogP contribution in [0.3, 0.4) is 0 Å². The summed E-state index contributed by atoms with van der Waals surface area (Å²) < 4.78 is 5.28. The third-order valence-electron chi connectivity index (χ3n) is 2.63. The molecule has 2 aromatic heterocycles. The van der Waals surface area contributed by atoms with E-state index in [9.17, 15) is 4.79 Å². The molecule has 0 fully saturated rings. The molecule has 0 aliphatic rings. The number of carbonyl (C=O) groups is 1. The van der Waals surface area contributed by atoms with E-state index in [0.717, 1.165) is 11.1 Å². The van der Waals surface area contributed by atoms with Crippen molar-refractivity contribution < 1.29 is 14.3 Å². The molecule has 0 radical (unpaired) electrons. The molecule has 1 aromatic carbocycles. The molecule has 0 saturated heterocycles. The Morgan fingerprint density at radius 2 is 2.20 bits per heavy atom. The molecule has 0 aliphatic carbocycles. The van der Waals surface area contributed by atoms with Crippen molar-refractivity contribution in [2.75, 3.05) is 0 Å². The van der Waals surface area contributed by atoms with E-state index < -0.39 is 5.97 Å². The van der Waals surface area contributed by atoms with Gasteiger partial charge in [0.2, 0.25) is 0 Å². The zero-order valence-electron chi connectivity index (χ0n) is 10.4. The highest BCUT2D eigenvalue weighted by Gasteiger charge is 2.11. The zero-order chi connectivity index (χ0) is 14.1. The lowest BCUT2D eigenvalue weighted by Gasteiger charge is -2.03. The van der Waals surface area contributed by atoms with E-state index in [2.05, 4.69) is 15.0 Å². The largest absolute Gasteiger partial charge is 0.478 e. The minimum atomic E-state index is -0.983. The molecule has 0 atom stereocenters. The van der Waals surface area contributed by atoms with Crippen molar-refractivity contribution in [3.8, 4) is 0 Å². The highest BCUT2D eigenvalue weighted by Crippen LogP contribution is 2.30. The van der Waals surface area contributed by atoms with Crippen LogP contribution in [0.4, 0.5) is 0 Å². The molecule has 0 amide bonds. The van der Waals surface area contributed by atoms with Crippen molar-refractivity contribution in [1.82, 2.24) is 15.0 Å². The molecule has 0 aliphatic heterocycles. The van der Waals surface area contributed by atoms with Crippen molar-refractivity contribution in [2.45, 2.75) is 17.2 Å². The van der Waals surface area contributed by atoms with Crippen LogP contribution < -0.4 is 0 Å². The van der Waals surface area contributed by atoms with Gasteiger partial charge < -0.3 is 9.52 Å². The summed E-state index contributed by atoms with van der Waals surface area (Å²) in [5.74, 6) is -0.983. The van der Waals surface area contributed by atoms with Crippen molar-refractivity contribution in [1.29, 1.82) is 0 Å². The Hall–Kier alpha value is -2.41. The predicted molar refractivity (Wildman–Crippen MR) is 71.9 cm³/mol. The summed E-state index contributed by atoms with van der Waals surface area (Å²) in [7, 11) is 0. The number of aryl methyl sites for hydroxylation is 1. The van der Waals surface area contributed by atoms with Gasteiger partial charge in [0.15, 0.2) is 0 Å². The van der Waals surface area contributed by atoms with Gasteiger partial charge in [-0.1, -0.05) is 0 Å². The SMILES string of the molecule is Cc1coc(Sc2ncnc3cc(C(=O)O)ccc23)n1. The molecule has 100 valence electrons. The molecule has 0 saturated carbocycles. The van der Waals surface area contributed by atoms with E-state index in [0.29, 0.717) is 15.8 Å². The van der Waals surface area contributed by atoms with Crippen LogP contribution in [-0.4, -0.2) is 26.0 Å². The first-order chi connectivity index (χ1) is 9.63. The minimum Gasteiger partial charge on any atom is -0.478 e. The number of hydrogen-bond acceptors (Lipinski definition) is 6. The minimum absolute atomic E-state index is 0.194. The van der Waals surface area contributed by atoms with Gasteiger partial charge in [0, 0.05) is 5.39 Å². The van der Waals surface area contributed by atoms with Crippen molar-refractivity contribution in [3.63, 3.8) is 0 Å². The average molecular weight is 287 g/mol. The van der Waals surface area contributed by atoms with E-state index in [-0.39, 0.29) is 5.56 Å². The van der Waals surface area contributed by atoms with Crippen LogP contribution >= 0.6 is 11.8 Å². The van der Waals surface area contributed by atoms with Gasteiger partial charge in [0.25, 0.3) is 5.22 Å². The summed E-state index contributed by atoms with van der Waals surface area (Å²) in [5, 5.41) is 10.9. The van der Waals surface area contributed by atoms with Crippen molar-refractivity contribution >= 4 is 28.6 Å². The Bertz CT molecular complexity index is 800. The van der Waals surface area contributed by atoms with E-state index in [1.807, 2.05) is 6.92 Å². The molecule has 2 heterocycles. The summed E-state index contributed by atoms with van der Waals surface area (Å²) in [6.45, 7) is 1.84. The number of aromatic nitrogens is 3. The van der Waals surface area contributed by atoms with Crippen LogP contribution in [0, 0.1) is 6.92 Å². The second kappa shape index (κ2) is 4.93. The maximum Gasteiger partial charge on any atom is 0.335 e. The first kappa shape index (κ1) is 12.6. The number of benzene rings is 1. The summed E-state index contributed by atoms with van der Waals surface area (Å²) >= 11 is 1.28. The number of rotatable bonds is 3. The fraction of sp³-hybridized carbons (Fsp3) is 0.0769. The number of carboxylic acid groups (broad SMARTS) is 1. The number of oxazole rings is 1. The molecular formula is C13H9N3O3S. The van der Waals surface area contributed by atoms with E-state index in [1.54, 1.807) is 12.3 Å². The van der Waals surface area contributed by atoms with Crippen molar-refractivity contribution in [2.24, 2.45) is 0 Å². The molecule has 20 heavy (non-hydrogen) atoms. The van der Waals surface area contributed by atoms with Gasteiger partial charge in [-0.05, 0) is 36.9 Å². The summed E-state index contributed by atoms with van der Waals surface area (Å²) in [6.07, 6.45) is 2.96. The number of carboxylic acids is 1. The number of fused-ring (bicyclic) bond motifs is 1. The smallest absolute Gasteiger partial charge is 0.335 e. The Balaban J connectivity index is 2.05. The van der Waals surface area contributed by atoms with Crippen LogP contribution in [0.25, 0.3) is 10.9 Å². The second-order valence-electron chi connectivity index (χ2n) is 4.07. The van der Waals surface area contributed by atoms with Gasteiger partial charge >= 0.3 is 5.97 Å². The fourth-order valence-electron chi connectivity index (χ4n) is 1.71.